The van der Waals surface area contributed by atoms with Crippen LogP contribution in [0.3, 0.4) is 0 Å². The zero-order chi connectivity index (χ0) is 15.4. The lowest BCUT2D eigenvalue weighted by Gasteiger charge is -2.06. The molecule has 0 unspecified atom stereocenters. The largest absolute Gasteiger partial charge is 0.365 e. The Hall–Kier alpha value is -2.67. The van der Waals surface area contributed by atoms with Gasteiger partial charge in [-0.25, -0.2) is 0 Å². The van der Waals surface area contributed by atoms with Gasteiger partial charge in [0.25, 0.3) is 0 Å². The Morgan fingerprint density at radius 1 is 1.18 bits per heavy atom. The summed E-state index contributed by atoms with van der Waals surface area (Å²) >= 11 is 5.86. The molecule has 0 amide bonds. The standard InChI is InChI=1S/C14H13ClN6O/c1-9-6-12(21-22-9)18-14-19-13(8-17-20-14)16-7-10-2-4-11(15)5-3-10/h2-6,8H,7H2,1H3,(H2,16,18,19,20,21). The topological polar surface area (TPSA) is 88.8 Å². The van der Waals surface area contributed by atoms with Crippen LogP contribution in [0.25, 0.3) is 0 Å². The fraction of sp³-hybridized carbons (Fsp3) is 0.143. The molecule has 112 valence electrons. The summed E-state index contributed by atoms with van der Waals surface area (Å²) < 4.78 is 4.97. The third-order valence-electron chi connectivity index (χ3n) is 2.81. The molecular weight excluding hydrogens is 304 g/mol. The van der Waals surface area contributed by atoms with Gasteiger partial charge in [-0.15, -0.1) is 5.10 Å². The molecule has 3 aromatic rings. The number of benzene rings is 1. The molecule has 2 aromatic heterocycles. The molecule has 2 N–H and O–H groups in total. The first-order valence-corrected chi connectivity index (χ1v) is 6.95. The Bertz CT molecular complexity index is 758. The molecule has 0 fully saturated rings. The Kier molecular flexibility index (Phi) is 4.15. The van der Waals surface area contributed by atoms with Crippen molar-refractivity contribution in [3.63, 3.8) is 0 Å². The van der Waals surface area contributed by atoms with E-state index in [1.165, 1.54) is 0 Å². The molecule has 0 radical (unpaired) electrons. The molecule has 0 aliphatic carbocycles. The summed E-state index contributed by atoms with van der Waals surface area (Å²) in [5.41, 5.74) is 1.09. The first kappa shape index (κ1) is 14.3. The number of nitrogens with one attached hydrogen (secondary N) is 2. The van der Waals surface area contributed by atoms with Gasteiger partial charge in [0.1, 0.15) is 5.76 Å². The minimum atomic E-state index is 0.342. The third-order valence-corrected chi connectivity index (χ3v) is 3.07. The van der Waals surface area contributed by atoms with Gasteiger partial charge in [-0.05, 0) is 24.6 Å². The molecule has 2 heterocycles. The smallest absolute Gasteiger partial charge is 0.250 e. The van der Waals surface area contributed by atoms with Crippen molar-refractivity contribution in [2.45, 2.75) is 13.5 Å². The van der Waals surface area contributed by atoms with Crippen molar-refractivity contribution in [1.82, 2.24) is 20.3 Å². The van der Waals surface area contributed by atoms with Crippen molar-refractivity contribution in [3.05, 3.63) is 52.9 Å². The van der Waals surface area contributed by atoms with Gasteiger partial charge in [0.05, 0.1) is 6.20 Å². The van der Waals surface area contributed by atoms with Crippen LogP contribution in [0.1, 0.15) is 11.3 Å². The van der Waals surface area contributed by atoms with Gasteiger partial charge >= 0.3 is 0 Å². The monoisotopic (exact) mass is 316 g/mol. The van der Waals surface area contributed by atoms with E-state index in [0.29, 0.717) is 34.9 Å². The van der Waals surface area contributed by atoms with Gasteiger partial charge in [-0.3, -0.25) is 0 Å². The van der Waals surface area contributed by atoms with Crippen molar-refractivity contribution < 1.29 is 4.52 Å². The fourth-order valence-electron chi connectivity index (χ4n) is 1.78. The molecule has 0 aliphatic rings. The van der Waals surface area contributed by atoms with Crippen LogP contribution in [0, 0.1) is 6.92 Å². The highest BCUT2D eigenvalue weighted by atomic mass is 35.5. The molecule has 0 spiro atoms. The van der Waals surface area contributed by atoms with Crippen molar-refractivity contribution in [3.8, 4) is 0 Å². The second-order valence-corrected chi connectivity index (χ2v) is 5.03. The van der Waals surface area contributed by atoms with Gasteiger partial charge in [0, 0.05) is 17.6 Å². The molecule has 1 aromatic carbocycles. The highest BCUT2D eigenvalue weighted by molar-refractivity contribution is 6.30. The molecule has 8 heteroatoms. The first-order chi connectivity index (χ1) is 10.7. The lowest BCUT2D eigenvalue weighted by atomic mass is 10.2. The summed E-state index contributed by atoms with van der Waals surface area (Å²) in [4.78, 5) is 4.31. The van der Waals surface area contributed by atoms with Crippen LogP contribution in [-0.4, -0.2) is 20.3 Å². The van der Waals surface area contributed by atoms with Crippen LogP contribution < -0.4 is 10.6 Å². The minimum Gasteiger partial charge on any atom is -0.365 e. The van der Waals surface area contributed by atoms with E-state index in [-0.39, 0.29) is 0 Å². The molecule has 22 heavy (non-hydrogen) atoms. The van der Waals surface area contributed by atoms with E-state index in [1.54, 1.807) is 19.2 Å². The van der Waals surface area contributed by atoms with Gasteiger partial charge in [0.2, 0.25) is 5.95 Å². The lowest BCUT2D eigenvalue weighted by Crippen LogP contribution is -2.05. The van der Waals surface area contributed by atoms with Crippen molar-refractivity contribution in [1.29, 1.82) is 0 Å². The quantitative estimate of drug-likeness (QED) is 0.747. The number of hydrogen-bond acceptors (Lipinski definition) is 7. The van der Waals surface area contributed by atoms with E-state index >= 15 is 0 Å². The lowest BCUT2D eigenvalue weighted by molar-refractivity contribution is 0.400. The van der Waals surface area contributed by atoms with Gasteiger partial charge in [-0.2, -0.15) is 10.1 Å². The van der Waals surface area contributed by atoms with E-state index in [1.807, 2.05) is 24.3 Å². The van der Waals surface area contributed by atoms with Crippen LogP contribution in [0.15, 0.2) is 41.1 Å². The number of anilines is 3. The molecule has 0 saturated heterocycles. The number of nitrogens with zero attached hydrogens (tertiary/aromatic N) is 4. The van der Waals surface area contributed by atoms with Crippen LogP contribution >= 0.6 is 11.6 Å². The van der Waals surface area contributed by atoms with E-state index < -0.39 is 0 Å². The predicted molar refractivity (Wildman–Crippen MR) is 83.1 cm³/mol. The van der Waals surface area contributed by atoms with Gasteiger partial charge in [0.15, 0.2) is 11.6 Å². The predicted octanol–water partition coefficient (Wildman–Crippen LogP) is 3.18. The maximum absolute atomic E-state index is 5.86. The number of hydrogen-bond donors (Lipinski definition) is 2. The van der Waals surface area contributed by atoms with Crippen molar-refractivity contribution in [2.75, 3.05) is 10.6 Å². The maximum atomic E-state index is 5.86. The Morgan fingerprint density at radius 3 is 2.73 bits per heavy atom. The number of aryl methyl sites for hydroxylation is 1. The molecule has 0 saturated carbocycles. The normalized spacial score (nSPS) is 10.5. The van der Waals surface area contributed by atoms with E-state index in [4.69, 9.17) is 16.1 Å². The van der Waals surface area contributed by atoms with E-state index in [0.717, 1.165) is 5.56 Å². The fourth-order valence-corrected chi connectivity index (χ4v) is 1.90. The maximum Gasteiger partial charge on any atom is 0.250 e. The summed E-state index contributed by atoms with van der Waals surface area (Å²) in [6.45, 7) is 2.42. The van der Waals surface area contributed by atoms with E-state index in [2.05, 4.69) is 31.0 Å². The average molecular weight is 317 g/mol. The van der Waals surface area contributed by atoms with Gasteiger partial charge in [-0.1, -0.05) is 28.9 Å². The summed E-state index contributed by atoms with van der Waals surface area (Å²) in [6.07, 6.45) is 1.55. The van der Waals surface area contributed by atoms with Crippen LogP contribution in [0.2, 0.25) is 5.02 Å². The highest BCUT2D eigenvalue weighted by Gasteiger charge is 2.05. The Balaban J connectivity index is 1.64. The summed E-state index contributed by atoms with van der Waals surface area (Å²) in [7, 11) is 0. The molecule has 0 aliphatic heterocycles. The molecular formula is C14H13ClN6O. The SMILES string of the molecule is Cc1cc(Nc2nncc(NCc3ccc(Cl)cc3)n2)no1. The zero-order valence-electron chi connectivity index (χ0n) is 11.7. The Morgan fingerprint density at radius 2 is 2.00 bits per heavy atom. The molecule has 3 rings (SSSR count). The second kappa shape index (κ2) is 6.40. The average Bonchev–Trinajstić information content (AvgIpc) is 2.92. The number of rotatable bonds is 5. The van der Waals surface area contributed by atoms with Crippen molar-refractivity contribution >= 4 is 29.2 Å². The first-order valence-electron chi connectivity index (χ1n) is 6.57. The molecule has 7 nitrogen and oxygen atoms in total. The summed E-state index contributed by atoms with van der Waals surface area (Å²) in [5, 5.41) is 18.4. The minimum absolute atomic E-state index is 0.342. The third kappa shape index (κ3) is 3.70. The van der Waals surface area contributed by atoms with Crippen LogP contribution in [-0.2, 0) is 6.54 Å². The van der Waals surface area contributed by atoms with Gasteiger partial charge < -0.3 is 15.2 Å². The summed E-state index contributed by atoms with van der Waals surface area (Å²) in [6, 6.07) is 9.33. The molecule has 0 atom stereocenters. The summed E-state index contributed by atoms with van der Waals surface area (Å²) in [5.74, 6) is 2.18. The van der Waals surface area contributed by atoms with Crippen LogP contribution in [0.5, 0.6) is 0 Å². The molecule has 0 bridgehead atoms. The Labute approximate surface area is 131 Å². The highest BCUT2D eigenvalue weighted by Crippen LogP contribution is 2.14. The van der Waals surface area contributed by atoms with E-state index in [9.17, 15) is 0 Å². The zero-order valence-corrected chi connectivity index (χ0v) is 12.5. The second-order valence-electron chi connectivity index (χ2n) is 4.59. The number of aromatic nitrogens is 4. The number of halogens is 1. The van der Waals surface area contributed by atoms with Crippen molar-refractivity contribution in [2.24, 2.45) is 0 Å². The van der Waals surface area contributed by atoms with Crippen LogP contribution in [0.4, 0.5) is 17.6 Å².